The molecule has 1 aromatic rings. The monoisotopic (exact) mass is 336 g/mol. The largest absolute Gasteiger partial charge is 0.417 e. The lowest BCUT2D eigenvalue weighted by Gasteiger charge is -2.12. The van der Waals surface area contributed by atoms with E-state index in [4.69, 9.17) is 0 Å². The summed E-state index contributed by atoms with van der Waals surface area (Å²) in [4.78, 5) is 11.9. The number of carbonyl (C=O) groups excluding carboxylic acids is 1. The number of rotatable bonds is 5. The summed E-state index contributed by atoms with van der Waals surface area (Å²) >= 11 is 3.00. The Kier molecular flexibility index (Phi) is 5.59. The second kappa shape index (κ2) is 6.55. The van der Waals surface area contributed by atoms with Gasteiger partial charge in [0.1, 0.15) is 0 Å². The van der Waals surface area contributed by atoms with Gasteiger partial charge in [0.05, 0.1) is 5.56 Å². The summed E-state index contributed by atoms with van der Waals surface area (Å²) in [5, 5.41) is 0. The number of benzene rings is 1. The highest BCUT2D eigenvalue weighted by molar-refractivity contribution is 9.10. The van der Waals surface area contributed by atoms with Gasteiger partial charge in [-0.1, -0.05) is 36.2 Å². The van der Waals surface area contributed by atoms with E-state index in [-0.39, 0.29) is 12.0 Å². The van der Waals surface area contributed by atoms with Gasteiger partial charge in [0.2, 0.25) is 0 Å². The van der Waals surface area contributed by atoms with Crippen LogP contribution in [0, 0.1) is 5.92 Å². The number of halogens is 4. The average molecular weight is 337 g/mol. The Labute approximate surface area is 119 Å². The smallest absolute Gasteiger partial charge is 0.294 e. The molecule has 0 fully saturated rings. The highest BCUT2D eigenvalue weighted by Gasteiger charge is 2.35. The summed E-state index contributed by atoms with van der Waals surface area (Å²) in [5.74, 6) is 0.000259. The first-order chi connectivity index (χ1) is 8.71. The number of hydrogen-bond acceptors (Lipinski definition) is 1. The Morgan fingerprint density at radius 3 is 2.47 bits per heavy atom. The lowest BCUT2D eigenvalue weighted by atomic mass is 9.97. The zero-order valence-corrected chi connectivity index (χ0v) is 12.4. The predicted octanol–water partition coefficient (Wildman–Crippen LogP) is 5.48. The molecule has 0 aliphatic carbocycles. The van der Waals surface area contributed by atoms with Gasteiger partial charge in [-0.2, -0.15) is 13.2 Å². The maximum Gasteiger partial charge on any atom is 0.417 e. The Balaban J connectivity index is 2.91. The van der Waals surface area contributed by atoms with E-state index < -0.39 is 17.5 Å². The minimum Gasteiger partial charge on any atom is -0.294 e. The molecule has 0 aliphatic heterocycles. The maximum absolute atomic E-state index is 12.9. The fourth-order valence-electron chi connectivity index (χ4n) is 1.80. The molecule has 0 heterocycles. The normalized spacial score (nSPS) is 11.9. The molecule has 0 saturated carbocycles. The first kappa shape index (κ1) is 16.2. The van der Waals surface area contributed by atoms with Gasteiger partial charge in [-0.25, -0.2) is 0 Å². The molecule has 0 aliphatic rings. The molecule has 5 heteroatoms. The average Bonchev–Trinajstić information content (AvgIpc) is 2.27. The summed E-state index contributed by atoms with van der Waals surface area (Å²) in [7, 11) is 0. The Hall–Kier alpha value is -0.840. The third kappa shape index (κ3) is 4.97. The molecule has 0 N–H and O–H groups in total. The van der Waals surface area contributed by atoms with Crippen molar-refractivity contribution in [3.63, 3.8) is 0 Å². The summed E-state index contributed by atoms with van der Waals surface area (Å²) in [6.45, 7) is 4.04. The summed E-state index contributed by atoms with van der Waals surface area (Å²) in [6.07, 6.45) is -2.90. The van der Waals surface area contributed by atoms with Gasteiger partial charge in [-0.3, -0.25) is 4.79 Å². The quantitative estimate of drug-likeness (QED) is 0.651. The van der Waals surface area contributed by atoms with Gasteiger partial charge in [0, 0.05) is 16.5 Å². The van der Waals surface area contributed by atoms with Crippen LogP contribution in [0.1, 0.15) is 49.0 Å². The second-order valence-corrected chi connectivity index (χ2v) is 5.81. The van der Waals surface area contributed by atoms with E-state index in [2.05, 4.69) is 15.9 Å². The van der Waals surface area contributed by atoms with Crippen LogP contribution in [-0.4, -0.2) is 5.78 Å². The lowest BCUT2D eigenvalue weighted by molar-refractivity contribution is -0.138. The Morgan fingerprint density at radius 1 is 1.32 bits per heavy atom. The highest BCUT2D eigenvalue weighted by Crippen LogP contribution is 2.34. The molecule has 1 rings (SSSR count). The number of Topliss-reactive ketones (excluding diaryl/α,β-unsaturated/α-hetero) is 1. The summed E-state index contributed by atoms with van der Waals surface area (Å²) in [6, 6.07) is 3.66. The van der Waals surface area contributed by atoms with Crippen LogP contribution in [0.15, 0.2) is 22.7 Å². The number of hydrogen-bond donors (Lipinski definition) is 0. The minimum atomic E-state index is -4.51. The zero-order valence-electron chi connectivity index (χ0n) is 10.9. The van der Waals surface area contributed by atoms with Gasteiger partial charge in [-0.15, -0.1) is 0 Å². The summed E-state index contributed by atoms with van der Waals surface area (Å²) in [5.41, 5.74) is -1.10. The zero-order chi connectivity index (χ0) is 14.6. The van der Waals surface area contributed by atoms with Crippen LogP contribution in [0.25, 0.3) is 0 Å². The van der Waals surface area contributed by atoms with Crippen LogP contribution in [0.4, 0.5) is 13.2 Å². The number of alkyl halides is 3. The first-order valence-corrected chi connectivity index (χ1v) is 6.91. The molecule has 0 saturated heterocycles. The molecule has 0 radical (unpaired) electrons. The number of carbonyl (C=O) groups is 1. The molecule has 0 atom stereocenters. The third-order valence-corrected chi connectivity index (χ3v) is 3.27. The van der Waals surface area contributed by atoms with E-state index in [1.165, 1.54) is 12.1 Å². The Bertz CT molecular complexity index is 452. The van der Waals surface area contributed by atoms with Gasteiger partial charge in [0.15, 0.2) is 5.78 Å². The van der Waals surface area contributed by atoms with Gasteiger partial charge < -0.3 is 0 Å². The van der Waals surface area contributed by atoms with Crippen LogP contribution in [0.2, 0.25) is 0 Å². The van der Waals surface area contributed by atoms with E-state index in [1.807, 2.05) is 13.8 Å². The molecule has 0 bridgehead atoms. The van der Waals surface area contributed by atoms with E-state index in [1.54, 1.807) is 0 Å². The van der Waals surface area contributed by atoms with Crippen LogP contribution >= 0.6 is 15.9 Å². The van der Waals surface area contributed by atoms with Crippen molar-refractivity contribution >= 4 is 21.7 Å². The van der Waals surface area contributed by atoms with Crippen molar-refractivity contribution in [2.24, 2.45) is 5.92 Å². The first-order valence-electron chi connectivity index (χ1n) is 6.11. The van der Waals surface area contributed by atoms with E-state index >= 15 is 0 Å². The van der Waals surface area contributed by atoms with E-state index in [9.17, 15) is 18.0 Å². The van der Waals surface area contributed by atoms with Crippen LogP contribution < -0.4 is 0 Å². The van der Waals surface area contributed by atoms with Gasteiger partial charge in [-0.05, 0) is 30.5 Å². The van der Waals surface area contributed by atoms with Crippen LogP contribution in [-0.2, 0) is 6.18 Å². The molecule has 0 amide bonds. The van der Waals surface area contributed by atoms with Crippen molar-refractivity contribution < 1.29 is 18.0 Å². The SMILES string of the molecule is CC(C)CCCC(=O)c1ccc(Br)cc1C(F)(F)F. The molecule has 0 aromatic heterocycles. The second-order valence-electron chi connectivity index (χ2n) is 4.90. The van der Waals surface area contributed by atoms with Crippen molar-refractivity contribution in [2.45, 2.75) is 39.3 Å². The van der Waals surface area contributed by atoms with Crippen molar-refractivity contribution in [3.05, 3.63) is 33.8 Å². The van der Waals surface area contributed by atoms with Crippen molar-refractivity contribution in [2.75, 3.05) is 0 Å². The minimum absolute atomic E-state index is 0.156. The molecular weight excluding hydrogens is 321 g/mol. The van der Waals surface area contributed by atoms with E-state index in [0.717, 1.165) is 12.5 Å². The number of ketones is 1. The lowest BCUT2D eigenvalue weighted by Crippen LogP contribution is -2.13. The fraction of sp³-hybridized carbons (Fsp3) is 0.500. The van der Waals surface area contributed by atoms with Crippen molar-refractivity contribution in [3.8, 4) is 0 Å². The Morgan fingerprint density at radius 2 is 1.95 bits per heavy atom. The van der Waals surface area contributed by atoms with Gasteiger partial charge >= 0.3 is 6.18 Å². The molecule has 0 unspecified atom stereocenters. The van der Waals surface area contributed by atoms with Crippen LogP contribution in [0.3, 0.4) is 0 Å². The highest BCUT2D eigenvalue weighted by atomic mass is 79.9. The molecule has 0 spiro atoms. The molecule has 1 aromatic carbocycles. The standard InChI is InChI=1S/C14H16BrF3O/c1-9(2)4-3-5-13(19)11-7-6-10(15)8-12(11)14(16,17)18/h6-9H,3-5H2,1-2H3. The third-order valence-electron chi connectivity index (χ3n) is 2.77. The molecular formula is C14H16BrF3O. The molecule has 19 heavy (non-hydrogen) atoms. The van der Waals surface area contributed by atoms with Gasteiger partial charge in [0.25, 0.3) is 0 Å². The van der Waals surface area contributed by atoms with Crippen molar-refractivity contribution in [1.29, 1.82) is 0 Å². The maximum atomic E-state index is 12.9. The summed E-state index contributed by atoms with van der Waals surface area (Å²) < 4.78 is 38.9. The molecule has 1 nitrogen and oxygen atoms in total. The van der Waals surface area contributed by atoms with Crippen LogP contribution in [0.5, 0.6) is 0 Å². The molecule has 106 valence electrons. The van der Waals surface area contributed by atoms with Crippen molar-refractivity contribution in [1.82, 2.24) is 0 Å². The predicted molar refractivity (Wildman–Crippen MR) is 72.2 cm³/mol. The fourth-order valence-corrected chi connectivity index (χ4v) is 2.16. The van der Waals surface area contributed by atoms with E-state index in [0.29, 0.717) is 16.8 Å². The topological polar surface area (TPSA) is 17.1 Å².